The van der Waals surface area contributed by atoms with Crippen LogP contribution >= 0.6 is 0 Å². The van der Waals surface area contributed by atoms with Crippen molar-refractivity contribution in [2.45, 2.75) is 25.7 Å². The van der Waals surface area contributed by atoms with Gasteiger partial charge < -0.3 is 9.88 Å². The van der Waals surface area contributed by atoms with E-state index in [9.17, 15) is 9.59 Å². The van der Waals surface area contributed by atoms with Gasteiger partial charge in [0.05, 0.1) is 11.3 Å². The van der Waals surface area contributed by atoms with Crippen LogP contribution in [0.1, 0.15) is 40.6 Å². The molecule has 1 N–H and O–H groups in total. The number of amides is 1. The van der Waals surface area contributed by atoms with E-state index in [0.717, 1.165) is 25.1 Å². The standard InChI is InChI=1S/C16H18N4O2/c1-11-18-14(8-15(21)19-11)13-5-3-7-20(10-13)16(22)12-4-2-6-17-9-12/h2,4,6,8-9,13H,3,5,7,10H2,1H3,(H,18,19,21). The van der Waals surface area contributed by atoms with Crippen molar-refractivity contribution >= 4 is 5.91 Å². The number of aromatic amines is 1. The number of aromatic nitrogens is 3. The highest BCUT2D eigenvalue weighted by atomic mass is 16.2. The van der Waals surface area contributed by atoms with Crippen LogP contribution in [0.2, 0.25) is 0 Å². The zero-order chi connectivity index (χ0) is 15.5. The molecule has 1 fully saturated rings. The van der Waals surface area contributed by atoms with Gasteiger partial charge in [-0.15, -0.1) is 0 Å². The van der Waals surface area contributed by atoms with Crippen molar-refractivity contribution in [1.29, 1.82) is 0 Å². The van der Waals surface area contributed by atoms with E-state index >= 15 is 0 Å². The van der Waals surface area contributed by atoms with Gasteiger partial charge in [0.1, 0.15) is 5.82 Å². The molecule has 3 rings (SSSR count). The lowest BCUT2D eigenvalue weighted by atomic mass is 9.94. The second-order valence-corrected chi connectivity index (χ2v) is 5.59. The Bertz CT molecular complexity index is 726. The van der Waals surface area contributed by atoms with E-state index in [0.29, 0.717) is 17.9 Å². The quantitative estimate of drug-likeness (QED) is 0.911. The highest BCUT2D eigenvalue weighted by molar-refractivity contribution is 5.93. The van der Waals surface area contributed by atoms with E-state index in [1.807, 2.05) is 4.90 Å². The predicted octanol–water partition coefficient (Wildman–Crippen LogP) is 1.49. The molecular formula is C16H18N4O2. The van der Waals surface area contributed by atoms with Crippen LogP contribution in [0.15, 0.2) is 35.4 Å². The average molecular weight is 298 g/mol. The molecule has 0 aliphatic carbocycles. The molecular weight excluding hydrogens is 280 g/mol. The van der Waals surface area contributed by atoms with Crippen molar-refractivity contribution < 1.29 is 4.79 Å². The third-order valence-corrected chi connectivity index (χ3v) is 3.92. The van der Waals surface area contributed by atoms with Crippen LogP contribution in [0.5, 0.6) is 0 Å². The lowest BCUT2D eigenvalue weighted by Crippen LogP contribution is -2.39. The molecule has 1 aliphatic heterocycles. The molecule has 22 heavy (non-hydrogen) atoms. The highest BCUT2D eigenvalue weighted by Crippen LogP contribution is 2.25. The van der Waals surface area contributed by atoms with E-state index in [1.165, 1.54) is 6.07 Å². The van der Waals surface area contributed by atoms with Gasteiger partial charge in [0, 0.05) is 37.5 Å². The van der Waals surface area contributed by atoms with E-state index in [2.05, 4.69) is 15.0 Å². The van der Waals surface area contributed by atoms with Gasteiger partial charge >= 0.3 is 0 Å². The summed E-state index contributed by atoms with van der Waals surface area (Å²) in [7, 11) is 0. The number of likely N-dealkylation sites (tertiary alicyclic amines) is 1. The molecule has 6 nitrogen and oxygen atoms in total. The Morgan fingerprint density at radius 3 is 3.05 bits per heavy atom. The predicted molar refractivity (Wildman–Crippen MR) is 81.7 cm³/mol. The number of pyridine rings is 1. The largest absolute Gasteiger partial charge is 0.338 e. The minimum atomic E-state index is -0.141. The SMILES string of the molecule is Cc1nc(C2CCCN(C(=O)c3cccnc3)C2)cc(=O)[nH]1. The fraction of sp³-hybridized carbons (Fsp3) is 0.375. The van der Waals surface area contributed by atoms with E-state index < -0.39 is 0 Å². The number of hydrogen-bond donors (Lipinski definition) is 1. The van der Waals surface area contributed by atoms with E-state index in [4.69, 9.17) is 0 Å². The first-order valence-corrected chi connectivity index (χ1v) is 7.40. The van der Waals surface area contributed by atoms with Crippen LogP contribution in [0.25, 0.3) is 0 Å². The Balaban J connectivity index is 1.79. The highest BCUT2D eigenvalue weighted by Gasteiger charge is 2.26. The van der Waals surface area contributed by atoms with Crippen molar-refractivity contribution in [3.05, 3.63) is 58.0 Å². The lowest BCUT2D eigenvalue weighted by molar-refractivity contribution is 0.0705. The van der Waals surface area contributed by atoms with Gasteiger partial charge in [0.15, 0.2) is 0 Å². The van der Waals surface area contributed by atoms with Crippen molar-refractivity contribution in [2.24, 2.45) is 0 Å². The third kappa shape index (κ3) is 3.05. The molecule has 1 unspecified atom stereocenters. The molecule has 1 atom stereocenters. The summed E-state index contributed by atoms with van der Waals surface area (Å²) in [6.45, 7) is 3.09. The molecule has 114 valence electrons. The maximum absolute atomic E-state index is 12.5. The first-order valence-electron chi connectivity index (χ1n) is 7.40. The molecule has 0 bridgehead atoms. The van der Waals surface area contributed by atoms with Gasteiger partial charge in [-0.3, -0.25) is 14.6 Å². The maximum atomic E-state index is 12.5. The van der Waals surface area contributed by atoms with Crippen LogP contribution in [-0.2, 0) is 0 Å². The van der Waals surface area contributed by atoms with Gasteiger partial charge in [0.2, 0.25) is 0 Å². The normalized spacial score (nSPS) is 18.2. The number of rotatable bonds is 2. The number of hydrogen-bond acceptors (Lipinski definition) is 4. The molecule has 1 saturated heterocycles. The molecule has 1 aliphatic rings. The molecule has 0 saturated carbocycles. The van der Waals surface area contributed by atoms with Crippen molar-refractivity contribution in [3.8, 4) is 0 Å². The van der Waals surface area contributed by atoms with Gasteiger partial charge in [-0.25, -0.2) is 4.98 Å². The topological polar surface area (TPSA) is 79.0 Å². The smallest absolute Gasteiger partial charge is 0.255 e. The monoisotopic (exact) mass is 298 g/mol. The summed E-state index contributed by atoms with van der Waals surface area (Å²) in [6.07, 6.45) is 5.08. The van der Waals surface area contributed by atoms with Crippen molar-refractivity contribution in [1.82, 2.24) is 19.9 Å². The number of nitrogens with one attached hydrogen (secondary N) is 1. The Morgan fingerprint density at radius 1 is 1.45 bits per heavy atom. The minimum Gasteiger partial charge on any atom is -0.338 e. The third-order valence-electron chi connectivity index (χ3n) is 3.92. The number of aryl methyl sites for hydroxylation is 1. The summed E-state index contributed by atoms with van der Waals surface area (Å²) < 4.78 is 0. The lowest BCUT2D eigenvalue weighted by Gasteiger charge is -2.32. The first kappa shape index (κ1) is 14.4. The second kappa shape index (κ2) is 6.09. The van der Waals surface area contributed by atoms with Gasteiger partial charge in [-0.2, -0.15) is 0 Å². The molecule has 2 aromatic heterocycles. The summed E-state index contributed by atoms with van der Waals surface area (Å²) in [5.41, 5.74) is 1.22. The number of piperidine rings is 1. The van der Waals surface area contributed by atoms with Crippen LogP contribution < -0.4 is 5.56 Å². The average Bonchev–Trinajstić information content (AvgIpc) is 2.54. The minimum absolute atomic E-state index is 0.0145. The summed E-state index contributed by atoms with van der Waals surface area (Å²) in [4.78, 5) is 37.0. The zero-order valence-electron chi connectivity index (χ0n) is 12.5. The first-order chi connectivity index (χ1) is 10.6. The van der Waals surface area contributed by atoms with Crippen LogP contribution in [0.3, 0.4) is 0 Å². The van der Waals surface area contributed by atoms with Gasteiger partial charge in [0.25, 0.3) is 11.5 Å². The number of carbonyl (C=O) groups excluding carboxylic acids is 1. The number of H-pyrrole nitrogens is 1. The fourth-order valence-electron chi connectivity index (χ4n) is 2.89. The Labute approximate surface area is 128 Å². The summed E-state index contributed by atoms with van der Waals surface area (Å²) >= 11 is 0. The zero-order valence-corrected chi connectivity index (χ0v) is 12.5. The fourth-order valence-corrected chi connectivity index (χ4v) is 2.89. The number of carbonyl (C=O) groups is 1. The summed E-state index contributed by atoms with van der Waals surface area (Å²) in [5.74, 6) is 0.702. The van der Waals surface area contributed by atoms with Gasteiger partial charge in [-0.05, 0) is 31.9 Å². The summed E-state index contributed by atoms with van der Waals surface area (Å²) in [6, 6.07) is 5.07. The van der Waals surface area contributed by atoms with Crippen molar-refractivity contribution in [3.63, 3.8) is 0 Å². The maximum Gasteiger partial charge on any atom is 0.255 e. The molecule has 2 aromatic rings. The molecule has 0 spiro atoms. The van der Waals surface area contributed by atoms with Crippen LogP contribution in [-0.4, -0.2) is 38.8 Å². The molecule has 1 amide bonds. The Kier molecular flexibility index (Phi) is 4.00. The number of nitrogens with zero attached hydrogens (tertiary/aromatic N) is 3. The summed E-state index contributed by atoms with van der Waals surface area (Å²) in [5, 5.41) is 0. The Morgan fingerprint density at radius 2 is 2.32 bits per heavy atom. The van der Waals surface area contributed by atoms with E-state index in [1.54, 1.807) is 31.5 Å². The van der Waals surface area contributed by atoms with Crippen LogP contribution in [0.4, 0.5) is 0 Å². The molecule has 3 heterocycles. The van der Waals surface area contributed by atoms with Crippen molar-refractivity contribution in [2.75, 3.05) is 13.1 Å². The second-order valence-electron chi connectivity index (χ2n) is 5.59. The van der Waals surface area contributed by atoms with Crippen LogP contribution in [0, 0.1) is 6.92 Å². The Hall–Kier alpha value is -2.50. The van der Waals surface area contributed by atoms with Gasteiger partial charge in [-0.1, -0.05) is 0 Å². The molecule has 0 radical (unpaired) electrons. The molecule has 0 aromatic carbocycles. The van der Waals surface area contributed by atoms with E-state index in [-0.39, 0.29) is 17.4 Å². The molecule has 6 heteroatoms.